The van der Waals surface area contributed by atoms with Crippen molar-refractivity contribution in [3.63, 3.8) is 0 Å². The van der Waals surface area contributed by atoms with Crippen molar-refractivity contribution in [1.82, 2.24) is 24.6 Å². The molecule has 3 heterocycles. The summed E-state index contributed by atoms with van der Waals surface area (Å²) in [6, 6.07) is 3.64. The molecule has 0 amide bonds. The van der Waals surface area contributed by atoms with Crippen molar-refractivity contribution in [2.75, 3.05) is 33.4 Å². The lowest BCUT2D eigenvalue weighted by Gasteiger charge is -2.19. The van der Waals surface area contributed by atoms with E-state index in [4.69, 9.17) is 18.9 Å². The van der Waals surface area contributed by atoms with Gasteiger partial charge in [0.2, 0.25) is 5.88 Å². The maximum Gasteiger partial charge on any atom is 0.328 e. The fraction of sp³-hybridized carbons (Fsp3) is 0.500. The molecule has 1 aliphatic heterocycles. The Morgan fingerprint density at radius 1 is 1.12 bits per heavy atom. The number of hydrogen-bond donors (Lipinski definition) is 0. The lowest BCUT2D eigenvalue weighted by Crippen LogP contribution is -2.26. The first-order valence-corrected chi connectivity index (χ1v) is 11.4. The third-order valence-corrected chi connectivity index (χ3v) is 5.28. The van der Waals surface area contributed by atoms with Gasteiger partial charge < -0.3 is 18.9 Å². The Balaban J connectivity index is 1.46. The first kappa shape index (κ1) is 23.7. The average molecular weight is 470 g/mol. The smallest absolute Gasteiger partial charge is 0.328 e. The van der Waals surface area contributed by atoms with Crippen LogP contribution in [0.5, 0.6) is 23.1 Å². The van der Waals surface area contributed by atoms with Crippen molar-refractivity contribution in [3.8, 4) is 23.1 Å². The molecule has 34 heavy (non-hydrogen) atoms. The zero-order valence-electron chi connectivity index (χ0n) is 20.1. The van der Waals surface area contributed by atoms with E-state index in [0.717, 1.165) is 19.6 Å². The molecular formula is C24H31N5O5. The van der Waals surface area contributed by atoms with Crippen molar-refractivity contribution in [2.45, 2.75) is 45.8 Å². The van der Waals surface area contributed by atoms with E-state index in [9.17, 15) is 4.79 Å². The third-order valence-electron chi connectivity index (χ3n) is 5.28. The van der Waals surface area contributed by atoms with E-state index >= 15 is 0 Å². The van der Waals surface area contributed by atoms with Crippen LogP contribution in [0.25, 0.3) is 10.9 Å². The molecule has 0 N–H and O–H groups in total. The largest absolute Gasteiger partial charge is 0.493 e. The van der Waals surface area contributed by atoms with Crippen LogP contribution in [0.4, 0.5) is 0 Å². The van der Waals surface area contributed by atoms with Gasteiger partial charge >= 0.3 is 5.97 Å². The molecule has 0 spiro atoms. The summed E-state index contributed by atoms with van der Waals surface area (Å²) in [5, 5.41) is 4.85. The molecule has 10 heteroatoms. The molecule has 0 bridgehead atoms. The second kappa shape index (κ2) is 10.3. The summed E-state index contributed by atoms with van der Waals surface area (Å²) in [6.45, 7) is 9.15. The van der Waals surface area contributed by atoms with Crippen molar-refractivity contribution >= 4 is 16.9 Å². The van der Waals surface area contributed by atoms with E-state index in [-0.39, 0.29) is 12.5 Å². The number of benzene rings is 1. The number of carbonyl (C=O) groups is 1. The van der Waals surface area contributed by atoms with Crippen LogP contribution in [0.15, 0.2) is 30.9 Å². The molecule has 0 radical (unpaired) electrons. The van der Waals surface area contributed by atoms with Gasteiger partial charge in [0.25, 0.3) is 0 Å². The van der Waals surface area contributed by atoms with E-state index in [0.29, 0.717) is 40.6 Å². The molecule has 3 aromatic rings. The Bertz CT molecular complexity index is 1130. The molecular weight excluding hydrogens is 438 g/mol. The quantitative estimate of drug-likeness (QED) is 0.436. The number of carbonyl (C=O) groups excluding carboxylic acids is 1. The van der Waals surface area contributed by atoms with Crippen LogP contribution in [0.3, 0.4) is 0 Å². The van der Waals surface area contributed by atoms with E-state index in [2.05, 4.69) is 20.0 Å². The van der Waals surface area contributed by atoms with E-state index in [1.54, 1.807) is 19.4 Å². The summed E-state index contributed by atoms with van der Waals surface area (Å²) in [5.41, 5.74) is 0.113. The zero-order chi connectivity index (χ0) is 24.1. The van der Waals surface area contributed by atoms with Crippen LogP contribution in [0, 0.1) is 0 Å². The molecule has 1 saturated heterocycles. The highest BCUT2D eigenvalue weighted by atomic mass is 16.6. The van der Waals surface area contributed by atoms with Gasteiger partial charge in [-0.1, -0.05) is 0 Å². The van der Waals surface area contributed by atoms with Gasteiger partial charge in [-0.15, -0.1) is 0 Å². The molecule has 1 aliphatic rings. The molecule has 2 aromatic heterocycles. The summed E-state index contributed by atoms with van der Waals surface area (Å²) < 4.78 is 24.3. The van der Waals surface area contributed by atoms with Crippen LogP contribution >= 0.6 is 0 Å². The summed E-state index contributed by atoms with van der Waals surface area (Å²) in [6.07, 6.45) is 7.07. The summed E-state index contributed by atoms with van der Waals surface area (Å²) >= 11 is 0. The van der Waals surface area contributed by atoms with E-state index in [1.807, 2.05) is 26.8 Å². The number of methoxy groups -OCH3 is 1. The Morgan fingerprint density at radius 2 is 1.91 bits per heavy atom. The maximum atomic E-state index is 12.0. The number of esters is 1. The minimum atomic E-state index is -0.556. The highest BCUT2D eigenvalue weighted by molar-refractivity contribution is 5.87. The predicted molar refractivity (Wildman–Crippen MR) is 125 cm³/mol. The van der Waals surface area contributed by atoms with Crippen LogP contribution in [0.2, 0.25) is 0 Å². The standard InChI is InChI=1S/C24H31N5O5/c1-24(2,3)34-22(30)15-29-14-17(13-27-29)33-23-18-11-20(31-4)21(12-19(18)25-16-26-23)32-10-9-28-7-5-6-8-28/h11-14,16H,5-10,15H2,1-4H3. The van der Waals surface area contributed by atoms with Crippen LogP contribution < -0.4 is 14.2 Å². The monoisotopic (exact) mass is 469 g/mol. The number of hydrogen-bond acceptors (Lipinski definition) is 9. The Kier molecular flexibility index (Phi) is 7.16. The van der Waals surface area contributed by atoms with Gasteiger partial charge in [-0.2, -0.15) is 5.10 Å². The van der Waals surface area contributed by atoms with E-state index in [1.165, 1.54) is 30.0 Å². The molecule has 1 fully saturated rings. The Hall–Kier alpha value is -3.40. The fourth-order valence-electron chi connectivity index (χ4n) is 3.79. The number of likely N-dealkylation sites (tertiary alicyclic amines) is 1. The predicted octanol–water partition coefficient (Wildman–Crippen LogP) is 3.44. The van der Waals surface area contributed by atoms with Gasteiger partial charge in [0.1, 0.15) is 25.1 Å². The zero-order valence-corrected chi connectivity index (χ0v) is 20.1. The summed E-state index contributed by atoms with van der Waals surface area (Å²) in [5.74, 6) is 1.62. The molecule has 0 aliphatic carbocycles. The van der Waals surface area contributed by atoms with Crippen LogP contribution in [-0.4, -0.2) is 69.6 Å². The van der Waals surface area contributed by atoms with Gasteiger partial charge in [-0.25, -0.2) is 9.97 Å². The Morgan fingerprint density at radius 3 is 2.65 bits per heavy atom. The normalized spacial score (nSPS) is 14.4. The van der Waals surface area contributed by atoms with Gasteiger partial charge in [0.05, 0.1) is 30.4 Å². The lowest BCUT2D eigenvalue weighted by atomic mass is 10.2. The number of nitrogens with zero attached hydrogens (tertiary/aromatic N) is 5. The first-order chi connectivity index (χ1) is 16.3. The summed E-state index contributed by atoms with van der Waals surface area (Å²) in [7, 11) is 1.60. The molecule has 0 atom stereocenters. The number of rotatable bonds is 9. The minimum absolute atomic E-state index is 0.0168. The molecule has 1 aromatic carbocycles. The van der Waals surface area contributed by atoms with Crippen molar-refractivity contribution in [1.29, 1.82) is 0 Å². The molecule has 182 valence electrons. The highest BCUT2D eigenvalue weighted by Crippen LogP contribution is 2.36. The third kappa shape index (κ3) is 6.13. The van der Waals surface area contributed by atoms with Crippen LogP contribution in [-0.2, 0) is 16.1 Å². The molecule has 0 saturated carbocycles. The number of ether oxygens (including phenoxy) is 4. The van der Waals surface area contributed by atoms with Gasteiger partial charge in [-0.3, -0.25) is 14.4 Å². The number of fused-ring (bicyclic) bond motifs is 1. The fourth-order valence-corrected chi connectivity index (χ4v) is 3.79. The highest BCUT2D eigenvalue weighted by Gasteiger charge is 2.18. The minimum Gasteiger partial charge on any atom is -0.493 e. The van der Waals surface area contributed by atoms with E-state index < -0.39 is 5.60 Å². The second-order valence-electron chi connectivity index (χ2n) is 9.16. The van der Waals surface area contributed by atoms with Gasteiger partial charge in [0.15, 0.2) is 17.2 Å². The lowest BCUT2D eigenvalue weighted by molar-refractivity contribution is -0.155. The van der Waals surface area contributed by atoms with Gasteiger partial charge in [0, 0.05) is 12.6 Å². The average Bonchev–Trinajstić information content (AvgIpc) is 3.44. The first-order valence-electron chi connectivity index (χ1n) is 11.4. The van der Waals surface area contributed by atoms with Crippen LogP contribution in [0.1, 0.15) is 33.6 Å². The number of aromatic nitrogens is 4. The van der Waals surface area contributed by atoms with Crippen molar-refractivity contribution in [3.05, 3.63) is 30.9 Å². The SMILES string of the molecule is COc1cc2c(Oc3cnn(CC(=O)OC(C)(C)C)c3)ncnc2cc1OCCN1CCCC1. The maximum absolute atomic E-state index is 12.0. The topological polar surface area (TPSA) is 101 Å². The van der Waals surface area contributed by atoms with Gasteiger partial charge in [-0.05, 0) is 52.8 Å². The van der Waals surface area contributed by atoms with Crippen molar-refractivity contribution in [2.24, 2.45) is 0 Å². The molecule has 4 rings (SSSR count). The molecule has 10 nitrogen and oxygen atoms in total. The second-order valence-corrected chi connectivity index (χ2v) is 9.16. The van der Waals surface area contributed by atoms with Crippen molar-refractivity contribution < 1.29 is 23.7 Å². The molecule has 0 unspecified atom stereocenters. The Labute approximate surface area is 198 Å². The summed E-state index contributed by atoms with van der Waals surface area (Å²) in [4.78, 5) is 23.1.